The van der Waals surface area contributed by atoms with Crippen LogP contribution in [-0.2, 0) is 9.59 Å². The molecule has 2 fully saturated rings. The van der Waals surface area contributed by atoms with Crippen LogP contribution in [0.5, 0.6) is 0 Å². The smallest absolute Gasteiger partial charge is 0.327 e. The number of carbonyl (C=O) groups excluding carboxylic acids is 1. The lowest BCUT2D eigenvalue weighted by Gasteiger charge is -2.32. The van der Waals surface area contributed by atoms with Crippen LogP contribution < -0.4 is 5.32 Å². The van der Waals surface area contributed by atoms with E-state index >= 15 is 0 Å². The molecule has 0 aliphatic carbocycles. The molecule has 2 aliphatic rings. The van der Waals surface area contributed by atoms with Gasteiger partial charge in [0.1, 0.15) is 6.04 Å². The average Bonchev–Trinajstić information content (AvgIpc) is 2.84. The van der Waals surface area contributed by atoms with Crippen LogP contribution in [0.3, 0.4) is 0 Å². The largest absolute Gasteiger partial charge is 0.480 e. The van der Waals surface area contributed by atoms with Crippen LogP contribution in [0.4, 0.5) is 0 Å². The van der Waals surface area contributed by atoms with Gasteiger partial charge in [0.05, 0.1) is 5.37 Å². The quantitative estimate of drug-likeness (QED) is 0.821. The van der Waals surface area contributed by atoms with Crippen LogP contribution in [0.2, 0.25) is 0 Å². The number of aliphatic carboxylic acids is 1. The van der Waals surface area contributed by atoms with Gasteiger partial charge in [0.2, 0.25) is 5.91 Å². The Bertz CT molecular complexity index is 369. The Balaban J connectivity index is 2.04. The standard InChI is InChI=1S/C14H24N2O3S/c1-9(2)13-16(11(8-20-13)14(18)19)12(17)7-10-3-5-15-6-4-10/h9-11,13,15H,3-8H2,1-2H3,(H,18,19). The number of carboxylic acids is 1. The fourth-order valence-electron chi connectivity index (χ4n) is 2.99. The van der Waals surface area contributed by atoms with Crippen molar-refractivity contribution in [1.29, 1.82) is 0 Å². The van der Waals surface area contributed by atoms with Crippen LogP contribution in [0.15, 0.2) is 0 Å². The topological polar surface area (TPSA) is 69.6 Å². The van der Waals surface area contributed by atoms with Crippen molar-refractivity contribution >= 4 is 23.6 Å². The van der Waals surface area contributed by atoms with E-state index < -0.39 is 12.0 Å². The number of piperidine rings is 1. The molecule has 1 amide bonds. The van der Waals surface area contributed by atoms with Crippen LogP contribution in [0.1, 0.15) is 33.1 Å². The van der Waals surface area contributed by atoms with Crippen molar-refractivity contribution < 1.29 is 14.7 Å². The van der Waals surface area contributed by atoms with Crippen molar-refractivity contribution in [3.8, 4) is 0 Å². The summed E-state index contributed by atoms with van der Waals surface area (Å²) in [6.07, 6.45) is 2.52. The van der Waals surface area contributed by atoms with Crippen molar-refractivity contribution in [2.24, 2.45) is 11.8 Å². The first-order valence-electron chi connectivity index (χ1n) is 7.37. The third-order valence-corrected chi connectivity index (χ3v) is 5.72. The second-order valence-electron chi connectivity index (χ2n) is 6.02. The molecule has 114 valence electrons. The molecule has 2 aliphatic heterocycles. The summed E-state index contributed by atoms with van der Waals surface area (Å²) in [6, 6.07) is -0.651. The van der Waals surface area contributed by atoms with E-state index in [1.165, 1.54) is 0 Å². The Hall–Kier alpha value is -0.750. The van der Waals surface area contributed by atoms with Gasteiger partial charge in [0.25, 0.3) is 0 Å². The van der Waals surface area contributed by atoms with Gasteiger partial charge in [0, 0.05) is 12.2 Å². The molecular weight excluding hydrogens is 276 g/mol. The van der Waals surface area contributed by atoms with Gasteiger partial charge in [-0.2, -0.15) is 0 Å². The predicted molar refractivity (Wildman–Crippen MR) is 79.6 cm³/mol. The molecule has 0 bridgehead atoms. The predicted octanol–water partition coefficient (Wildman–Crippen LogP) is 1.39. The van der Waals surface area contributed by atoms with Crippen LogP contribution in [0, 0.1) is 11.8 Å². The van der Waals surface area contributed by atoms with E-state index in [1.54, 1.807) is 16.7 Å². The van der Waals surface area contributed by atoms with Crippen LogP contribution >= 0.6 is 11.8 Å². The Morgan fingerprint density at radius 1 is 1.35 bits per heavy atom. The minimum absolute atomic E-state index is 0.00492. The van der Waals surface area contributed by atoms with Crippen LogP contribution in [-0.4, -0.2) is 52.1 Å². The molecule has 2 atom stereocenters. The lowest BCUT2D eigenvalue weighted by molar-refractivity contribution is -0.150. The number of nitrogens with zero attached hydrogens (tertiary/aromatic N) is 1. The summed E-state index contributed by atoms with van der Waals surface area (Å²) < 4.78 is 0. The monoisotopic (exact) mass is 300 g/mol. The first-order chi connectivity index (χ1) is 9.50. The molecule has 2 rings (SSSR count). The Kier molecular flexibility index (Phi) is 5.32. The zero-order valence-electron chi connectivity index (χ0n) is 12.2. The number of nitrogens with one attached hydrogen (secondary N) is 1. The third-order valence-electron chi connectivity index (χ3n) is 4.10. The molecule has 6 heteroatoms. The van der Waals surface area contributed by atoms with Crippen molar-refractivity contribution in [3.63, 3.8) is 0 Å². The number of carbonyl (C=O) groups is 2. The van der Waals surface area contributed by atoms with Gasteiger partial charge in [0.15, 0.2) is 0 Å². The Labute approximate surface area is 124 Å². The van der Waals surface area contributed by atoms with E-state index in [9.17, 15) is 14.7 Å². The molecule has 5 nitrogen and oxygen atoms in total. The first-order valence-corrected chi connectivity index (χ1v) is 8.42. The third kappa shape index (κ3) is 3.47. The highest BCUT2D eigenvalue weighted by Crippen LogP contribution is 2.35. The van der Waals surface area contributed by atoms with Crippen LogP contribution in [0.25, 0.3) is 0 Å². The maximum atomic E-state index is 12.6. The fourth-order valence-corrected chi connectivity index (χ4v) is 4.48. The maximum absolute atomic E-state index is 12.6. The zero-order valence-corrected chi connectivity index (χ0v) is 13.0. The molecule has 0 aromatic carbocycles. The summed E-state index contributed by atoms with van der Waals surface area (Å²) >= 11 is 1.60. The Morgan fingerprint density at radius 2 is 2.00 bits per heavy atom. The number of amides is 1. The summed E-state index contributed by atoms with van der Waals surface area (Å²) in [5.74, 6) is 0.334. The van der Waals surface area contributed by atoms with E-state index in [0.29, 0.717) is 18.1 Å². The Morgan fingerprint density at radius 3 is 2.55 bits per heavy atom. The number of rotatable bonds is 4. The summed E-state index contributed by atoms with van der Waals surface area (Å²) in [5, 5.41) is 12.6. The highest BCUT2D eigenvalue weighted by Gasteiger charge is 2.43. The van der Waals surface area contributed by atoms with Crippen molar-refractivity contribution in [2.75, 3.05) is 18.8 Å². The highest BCUT2D eigenvalue weighted by atomic mass is 32.2. The molecule has 2 heterocycles. The molecule has 2 N–H and O–H groups in total. The second kappa shape index (κ2) is 6.80. The summed E-state index contributed by atoms with van der Waals surface area (Å²) in [6.45, 7) is 6.02. The fraction of sp³-hybridized carbons (Fsp3) is 0.857. The van der Waals surface area contributed by atoms with Crippen molar-refractivity contribution in [3.05, 3.63) is 0 Å². The van der Waals surface area contributed by atoms with Gasteiger partial charge < -0.3 is 15.3 Å². The summed E-state index contributed by atoms with van der Waals surface area (Å²) in [4.78, 5) is 25.6. The molecule has 0 aromatic rings. The molecule has 0 radical (unpaired) electrons. The lowest BCUT2D eigenvalue weighted by Crippen LogP contribution is -2.48. The van der Waals surface area contributed by atoms with E-state index in [0.717, 1.165) is 25.9 Å². The number of carboxylic acid groups (broad SMARTS) is 1. The maximum Gasteiger partial charge on any atom is 0.327 e. The molecule has 2 saturated heterocycles. The number of thioether (sulfide) groups is 1. The van der Waals surface area contributed by atoms with Gasteiger partial charge in [-0.15, -0.1) is 11.8 Å². The van der Waals surface area contributed by atoms with E-state index in [-0.39, 0.29) is 17.2 Å². The first kappa shape index (κ1) is 15.6. The van der Waals surface area contributed by atoms with Crippen molar-refractivity contribution in [1.82, 2.24) is 10.2 Å². The minimum atomic E-state index is -0.876. The lowest BCUT2D eigenvalue weighted by atomic mass is 9.93. The normalized spacial score (nSPS) is 28.1. The average molecular weight is 300 g/mol. The highest BCUT2D eigenvalue weighted by molar-refractivity contribution is 8.00. The number of hydrogen-bond acceptors (Lipinski definition) is 4. The van der Waals surface area contributed by atoms with Gasteiger partial charge in [-0.3, -0.25) is 4.79 Å². The second-order valence-corrected chi connectivity index (χ2v) is 7.17. The zero-order chi connectivity index (χ0) is 14.7. The van der Waals surface area contributed by atoms with Gasteiger partial charge in [-0.05, 0) is 37.8 Å². The molecule has 0 saturated carbocycles. The van der Waals surface area contributed by atoms with Crippen molar-refractivity contribution in [2.45, 2.75) is 44.5 Å². The molecule has 0 aromatic heterocycles. The van der Waals surface area contributed by atoms with Gasteiger partial charge in [-0.25, -0.2) is 4.79 Å². The number of hydrogen-bond donors (Lipinski definition) is 2. The van der Waals surface area contributed by atoms with Gasteiger partial charge in [-0.1, -0.05) is 13.8 Å². The molecule has 20 heavy (non-hydrogen) atoms. The van der Waals surface area contributed by atoms with E-state index in [2.05, 4.69) is 5.32 Å². The summed E-state index contributed by atoms with van der Waals surface area (Å²) in [7, 11) is 0. The SMILES string of the molecule is CC(C)C1SCC(C(=O)O)N1C(=O)CC1CCNCC1. The summed E-state index contributed by atoms with van der Waals surface area (Å²) in [5.41, 5.74) is 0. The van der Waals surface area contributed by atoms with Gasteiger partial charge >= 0.3 is 5.97 Å². The van der Waals surface area contributed by atoms with E-state index in [4.69, 9.17) is 0 Å². The molecule has 0 spiro atoms. The minimum Gasteiger partial charge on any atom is -0.480 e. The molecular formula is C14H24N2O3S. The van der Waals surface area contributed by atoms with E-state index in [1.807, 2.05) is 13.8 Å². The molecule has 2 unspecified atom stereocenters.